The number of methoxy groups -OCH3 is 2. The molecule has 190 valence electrons. The summed E-state index contributed by atoms with van der Waals surface area (Å²) in [5.74, 6) is 1.08. The van der Waals surface area contributed by atoms with Crippen molar-refractivity contribution in [1.82, 2.24) is 34.9 Å². The van der Waals surface area contributed by atoms with Crippen molar-refractivity contribution >= 4 is 21.4 Å². The molecule has 0 aromatic carbocycles. The Bertz CT molecular complexity index is 1440. The van der Waals surface area contributed by atoms with Crippen molar-refractivity contribution in [2.24, 2.45) is 0 Å². The van der Waals surface area contributed by atoms with Gasteiger partial charge in [-0.3, -0.25) is 0 Å². The summed E-state index contributed by atoms with van der Waals surface area (Å²) in [6.07, 6.45) is 1.86. The number of hydrogen-bond donors (Lipinski definition) is 0. The summed E-state index contributed by atoms with van der Waals surface area (Å²) in [7, 11) is -0.957. The van der Waals surface area contributed by atoms with Crippen molar-refractivity contribution < 1.29 is 22.4 Å². The molecule has 0 unspecified atom stereocenters. The Hall–Kier alpha value is -3.42. The van der Waals surface area contributed by atoms with Crippen LogP contribution in [0.1, 0.15) is 36.1 Å². The molecule has 4 heterocycles. The van der Waals surface area contributed by atoms with Crippen molar-refractivity contribution in [3.8, 4) is 17.4 Å². The molecule has 0 saturated carbocycles. The third-order valence-corrected chi connectivity index (χ3v) is 7.71. The molecule has 4 aromatic rings. The van der Waals surface area contributed by atoms with Crippen LogP contribution in [0.25, 0.3) is 11.5 Å². The average Bonchev–Trinajstić information content (AvgIpc) is 3.47. The Balaban J connectivity index is 1.69. The third-order valence-electron chi connectivity index (χ3n) is 5.48. The van der Waals surface area contributed by atoms with Crippen LogP contribution in [-0.4, -0.2) is 62.8 Å². The molecule has 0 radical (unpaired) electrons. The fraction of sp³-hybridized carbons (Fsp3) is 0.364. The van der Waals surface area contributed by atoms with Gasteiger partial charge in [-0.1, -0.05) is 17.7 Å². The van der Waals surface area contributed by atoms with E-state index in [4.69, 9.17) is 25.6 Å². The summed E-state index contributed by atoms with van der Waals surface area (Å²) in [4.78, 5) is 12.8. The Kier molecular flexibility index (Phi) is 7.62. The summed E-state index contributed by atoms with van der Waals surface area (Å²) in [6.45, 7) is 3.50. The van der Waals surface area contributed by atoms with Crippen LogP contribution in [0.2, 0.25) is 5.02 Å². The molecule has 0 aliphatic rings. The van der Waals surface area contributed by atoms with Gasteiger partial charge >= 0.3 is 0 Å². The molecule has 0 fully saturated rings. The standard InChI is InChI=1S/C22H24ClN7O5S/c1-13-6-5-7-17(26-13)22-28-27-18(30(22)11-16-8-19(33-3)29-35-16)12-36(31,32)14(2)20(34-4)21-24-9-15(23)10-25-21/h5-10,14,20H,11-12H2,1-4H3/t14-,20-/m0/s1. The number of ether oxygens (including phenoxy) is 2. The first-order valence-electron chi connectivity index (χ1n) is 10.8. The quantitative estimate of drug-likeness (QED) is 0.296. The highest BCUT2D eigenvalue weighted by molar-refractivity contribution is 7.91. The first kappa shape index (κ1) is 25.7. The van der Waals surface area contributed by atoms with Gasteiger partial charge in [0.1, 0.15) is 23.4 Å². The number of pyridine rings is 1. The minimum absolute atomic E-state index is 0.113. The topological polar surface area (TPSA) is 148 Å². The van der Waals surface area contributed by atoms with E-state index in [1.165, 1.54) is 33.5 Å². The number of sulfone groups is 1. The van der Waals surface area contributed by atoms with Crippen LogP contribution in [0.3, 0.4) is 0 Å². The highest BCUT2D eigenvalue weighted by Gasteiger charge is 2.34. The molecule has 0 bridgehead atoms. The number of hydrogen-bond acceptors (Lipinski definition) is 11. The number of aromatic nitrogens is 7. The SMILES string of the molecule is COc1cc(Cn2c(CS(=O)(=O)[C@@H](C)[C@H](OC)c3ncc(Cl)cn3)nnc2-c2cccc(C)n2)on1. The van der Waals surface area contributed by atoms with Crippen molar-refractivity contribution in [2.75, 3.05) is 14.2 Å². The van der Waals surface area contributed by atoms with Crippen molar-refractivity contribution in [3.63, 3.8) is 0 Å². The van der Waals surface area contributed by atoms with E-state index in [-0.39, 0.29) is 18.2 Å². The monoisotopic (exact) mass is 533 g/mol. The Morgan fingerprint density at radius 1 is 1.17 bits per heavy atom. The second-order valence-electron chi connectivity index (χ2n) is 7.95. The number of halogens is 1. The van der Waals surface area contributed by atoms with E-state index < -0.39 is 26.9 Å². The molecule has 12 nitrogen and oxygen atoms in total. The number of nitrogens with zero attached hydrogens (tertiary/aromatic N) is 7. The summed E-state index contributed by atoms with van der Waals surface area (Å²) in [5, 5.41) is 11.6. The fourth-order valence-electron chi connectivity index (χ4n) is 3.56. The molecule has 0 amide bonds. The van der Waals surface area contributed by atoms with Gasteiger partial charge < -0.3 is 18.6 Å². The van der Waals surface area contributed by atoms with E-state index in [0.29, 0.717) is 28.2 Å². The molecule has 4 aromatic heterocycles. The minimum Gasteiger partial charge on any atom is -0.479 e. The maximum atomic E-state index is 13.5. The molecular formula is C22H24ClN7O5S. The van der Waals surface area contributed by atoms with Crippen LogP contribution in [0.4, 0.5) is 0 Å². The number of aryl methyl sites for hydroxylation is 1. The maximum absolute atomic E-state index is 13.5. The molecule has 4 rings (SSSR count). The fourth-order valence-corrected chi connectivity index (χ4v) is 5.11. The van der Waals surface area contributed by atoms with E-state index >= 15 is 0 Å². The first-order valence-corrected chi connectivity index (χ1v) is 12.9. The van der Waals surface area contributed by atoms with Gasteiger partial charge in [0.25, 0.3) is 5.88 Å². The van der Waals surface area contributed by atoms with E-state index in [0.717, 1.165) is 5.69 Å². The predicted octanol–water partition coefficient (Wildman–Crippen LogP) is 2.83. The lowest BCUT2D eigenvalue weighted by atomic mass is 10.2. The van der Waals surface area contributed by atoms with Crippen molar-refractivity contribution in [2.45, 2.75) is 37.5 Å². The largest absolute Gasteiger partial charge is 0.479 e. The molecule has 0 N–H and O–H groups in total. The van der Waals surface area contributed by atoms with Gasteiger partial charge in [0, 0.05) is 31.3 Å². The van der Waals surface area contributed by atoms with Crippen molar-refractivity contribution in [3.05, 3.63) is 64.8 Å². The van der Waals surface area contributed by atoms with Gasteiger partial charge in [0.15, 0.2) is 27.2 Å². The van der Waals surface area contributed by atoms with Crippen LogP contribution in [0.15, 0.2) is 41.2 Å². The average molecular weight is 534 g/mol. The first-order chi connectivity index (χ1) is 17.2. The van der Waals surface area contributed by atoms with Crippen LogP contribution in [0.5, 0.6) is 5.88 Å². The third kappa shape index (κ3) is 5.53. The van der Waals surface area contributed by atoms with Crippen LogP contribution >= 0.6 is 11.6 Å². The zero-order chi connectivity index (χ0) is 25.9. The van der Waals surface area contributed by atoms with E-state index in [9.17, 15) is 8.42 Å². The Labute approximate surface area is 212 Å². The van der Waals surface area contributed by atoms with Crippen LogP contribution in [0, 0.1) is 6.92 Å². The molecule has 0 aliphatic carbocycles. The molecule has 36 heavy (non-hydrogen) atoms. The van der Waals surface area contributed by atoms with Gasteiger partial charge in [-0.15, -0.1) is 10.2 Å². The van der Waals surface area contributed by atoms with Gasteiger partial charge in [-0.25, -0.2) is 23.4 Å². The van der Waals surface area contributed by atoms with Gasteiger partial charge in [0.2, 0.25) is 0 Å². The highest BCUT2D eigenvalue weighted by atomic mass is 35.5. The molecule has 14 heteroatoms. The Morgan fingerprint density at radius 3 is 2.56 bits per heavy atom. The highest BCUT2D eigenvalue weighted by Crippen LogP contribution is 2.27. The lowest BCUT2D eigenvalue weighted by Gasteiger charge is -2.21. The normalized spacial score (nSPS) is 13.5. The maximum Gasteiger partial charge on any atom is 0.254 e. The molecule has 0 saturated heterocycles. The van der Waals surface area contributed by atoms with Crippen LogP contribution < -0.4 is 4.74 Å². The molecule has 0 spiro atoms. The van der Waals surface area contributed by atoms with Gasteiger partial charge in [-0.2, -0.15) is 0 Å². The predicted molar refractivity (Wildman–Crippen MR) is 129 cm³/mol. The second-order valence-corrected chi connectivity index (χ2v) is 10.7. The zero-order valence-electron chi connectivity index (χ0n) is 20.0. The van der Waals surface area contributed by atoms with E-state index in [1.54, 1.807) is 16.7 Å². The van der Waals surface area contributed by atoms with E-state index in [2.05, 4.69) is 30.3 Å². The molecular weight excluding hydrogens is 510 g/mol. The van der Waals surface area contributed by atoms with Crippen LogP contribution in [-0.2, 0) is 26.9 Å². The Morgan fingerprint density at radius 2 is 1.92 bits per heavy atom. The summed E-state index contributed by atoms with van der Waals surface area (Å²) >= 11 is 5.87. The smallest absolute Gasteiger partial charge is 0.254 e. The lowest BCUT2D eigenvalue weighted by molar-refractivity contribution is 0.0948. The molecule has 2 atom stereocenters. The van der Waals surface area contributed by atoms with Gasteiger partial charge in [-0.05, 0) is 31.1 Å². The van der Waals surface area contributed by atoms with Crippen molar-refractivity contribution in [1.29, 1.82) is 0 Å². The van der Waals surface area contributed by atoms with E-state index in [1.807, 2.05) is 19.1 Å². The number of rotatable bonds is 10. The van der Waals surface area contributed by atoms with Gasteiger partial charge in [0.05, 0.1) is 23.9 Å². The zero-order valence-corrected chi connectivity index (χ0v) is 21.6. The lowest BCUT2D eigenvalue weighted by Crippen LogP contribution is -2.30. The summed E-state index contributed by atoms with van der Waals surface area (Å²) in [6, 6.07) is 7.06. The summed E-state index contributed by atoms with van der Waals surface area (Å²) < 4.78 is 44.5. The summed E-state index contributed by atoms with van der Waals surface area (Å²) in [5.41, 5.74) is 1.31. The molecule has 0 aliphatic heterocycles. The second kappa shape index (κ2) is 10.7. The minimum atomic E-state index is -3.83.